The molecule has 1 saturated heterocycles. The molecule has 20 heavy (non-hydrogen) atoms. The first-order chi connectivity index (χ1) is 9.56. The average Bonchev–Trinajstić information content (AvgIpc) is 2.48. The number of phenolic OH excluding ortho intramolecular Hbond substituents is 1. The average molecular weight is 276 g/mol. The number of rotatable bonds is 2. The van der Waals surface area contributed by atoms with Crippen molar-refractivity contribution in [2.75, 3.05) is 13.6 Å². The van der Waals surface area contributed by atoms with Gasteiger partial charge in [-0.25, -0.2) is 0 Å². The van der Waals surface area contributed by atoms with Gasteiger partial charge in [0.25, 0.3) is 5.91 Å². The lowest BCUT2D eigenvalue weighted by Gasteiger charge is -2.34. The lowest BCUT2D eigenvalue weighted by Crippen LogP contribution is -2.51. The number of phenols is 1. The molecule has 2 N–H and O–H groups in total. The van der Waals surface area contributed by atoms with E-state index in [4.69, 9.17) is 0 Å². The minimum absolute atomic E-state index is 0.101. The minimum atomic E-state index is -0.414. The molecule has 1 aromatic rings. The first kappa shape index (κ1) is 14.4. The van der Waals surface area contributed by atoms with Gasteiger partial charge in [0.1, 0.15) is 11.8 Å². The van der Waals surface area contributed by atoms with Crippen LogP contribution in [0.4, 0.5) is 0 Å². The van der Waals surface area contributed by atoms with E-state index in [1.54, 1.807) is 37.1 Å². The number of piperidine rings is 1. The van der Waals surface area contributed by atoms with Crippen LogP contribution in [-0.4, -0.2) is 41.5 Å². The Morgan fingerprint density at radius 1 is 1.35 bits per heavy atom. The number of hydrogen-bond acceptors (Lipinski definition) is 3. The Kier molecular flexibility index (Phi) is 4.27. The Bertz CT molecular complexity index is 528. The number of benzene rings is 1. The summed E-state index contributed by atoms with van der Waals surface area (Å²) < 4.78 is 0. The van der Waals surface area contributed by atoms with Crippen LogP contribution in [0.5, 0.6) is 5.75 Å². The zero-order valence-corrected chi connectivity index (χ0v) is 11.8. The van der Waals surface area contributed by atoms with Gasteiger partial charge in [0, 0.05) is 24.7 Å². The molecule has 2 amide bonds. The number of carbonyl (C=O) groups is 2. The van der Waals surface area contributed by atoms with E-state index in [9.17, 15) is 14.7 Å². The predicted molar refractivity (Wildman–Crippen MR) is 75.6 cm³/mol. The van der Waals surface area contributed by atoms with Gasteiger partial charge in [-0.1, -0.05) is 6.07 Å². The van der Waals surface area contributed by atoms with E-state index in [1.165, 1.54) is 0 Å². The summed E-state index contributed by atoms with van der Waals surface area (Å²) in [6.45, 7) is 2.29. The van der Waals surface area contributed by atoms with Crippen LogP contribution >= 0.6 is 0 Å². The van der Waals surface area contributed by atoms with Gasteiger partial charge in [-0.3, -0.25) is 9.59 Å². The van der Waals surface area contributed by atoms with E-state index in [-0.39, 0.29) is 17.6 Å². The number of aromatic hydroxyl groups is 1. The van der Waals surface area contributed by atoms with Gasteiger partial charge >= 0.3 is 0 Å². The Balaban J connectivity index is 2.30. The van der Waals surface area contributed by atoms with Crippen LogP contribution in [0.25, 0.3) is 0 Å². The van der Waals surface area contributed by atoms with Gasteiger partial charge in [0.15, 0.2) is 0 Å². The van der Waals surface area contributed by atoms with E-state index in [2.05, 4.69) is 5.32 Å². The zero-order chi connectivity index (χ0) is 14.7. The maximum Gasteiger partial charge on any atom is 0.254 e. The second kappa shape index (κ2) is 5.94. The monoisotopic (exact) mass is 276 g/mol. The van der Waals surface area contributed by atoms with Crippen molar-refractivity contribution in [3.05, 3.63) is 29.3 Å². The van der Waals surface area contributed by atoms with Gasteiger partial charge in [-0.15, -0.1) is 0 Å². The van der Waals surface area contributed by atoms with Crippen LogP contribution in [0.2, 0.25) is 0 Å². The molecule has 1 heterocycles. The lowest BCUT2D eigenvalue weighted by atomic mass is 9.98. The normalized spacial score (nSPS) is 18.7. The molecule has 0 bridgehead atoms. The van der Waals surface area contributed by atoms with Crippen molar-refractivity contribution in [1.82, 2.24) is 10.2 Å². The molecule has 0 aromatic heterocycles. The second-order valence-corrected chi connectivity index (χ2v) is 5.07. The number of likely N-dealkylation sites (N-methyl/N-ethyl adjacent to an activating group) is 1. The third-order valence-electron chi connectivity index (χ3n) is 3.85. The fourth-order valence-electron chi connectivity index (χ4n) is 2.62. The Morgan fingerprint density at radius 2 is 2.10 bits per heavy atom. The summed E-state index contributed by atoms with van der Waals surface area (Å²) in [5.41, 5.74) is 1.01. The number of carbonyl (C=O) groups excluding carboxylic acids is 2. The molecule has 1 atom stereocenters. The molecule has 1 unspecified atom stereocenters. The van der Waals surface area contributed by atoms with Crippen LogP contribution in [0.1, 0.15) is 35.2 Å². The number of amides is 2. The van der Waals surface area contributed by atoms with E-state index in [0.717, 1.165) is 12.8 Å². The Morgan fingerprint density at radius 3 is 2.80 bits per heavy atom. The summed E-state index contributed by atoms with van der Waals surface area (Å²) >= 11 is 0. The fraction of sp³-hybridized carbons (Fsp3) is 0.467. The van der Waals surface area contributed by atoms with Crippen molar-refractivity contribution in [2.24, 2.45) is 0 Å². The summed E-state index contributed by atoms with van der Waals surface area (Å²) in [6, 6.07) is 4.47. The maximum atomic E-state index is 12.6. The quantitative estimate of drug-likeness (QED) is 0.858. The molecule has 0 spiro atoms. The van der Waals surface area contributed by atoms with Gasteiger partial charge in [-0.05, 0) is 38.3 Å². The molecular formula is C15H20N2O3. The van der Waals surface area contributed by atoms with Crippen molar-refractivity contribution in [1.29, 1.82) is 0 Å². The molecular weight excluding hydrogens is 256 g/mol. The van der Waals surface area contributed by atoms with Crippen molar-refractivity contribution in [3.8, 4) is 5.75 Å². The molecule has 2 rings (SSSR count). The molecule has 1 fully saturated rings. The van der Waals surface area contributed by atoms with Gasteiger partial charge in [0.05, 0.1) is 0 Å². The fourth-order valence-corrected chi connectivity index (χ4v) is 2.62. The molecule has 0 saturated carbocycles. The standard InChI is InChI=1S/C15H20N2O3/c1-10-11(6-5-8-13(10)18)15(20)17-9-4-3-7-12(17)14(19)16-2/h5-6,8,12,18H,3-4,7,9H2,1-2H3,(H,16,19). The van der Waals surface area contributed by atoms with Crippen molar-refractivity contribution < 1.29 is 14.7 Å². The summed E-state index contributed by atoms with van der Waals surface area (Å²) in [4.78, 5) is 26.2. The second-order valence-electron chi connectivity index (χ2n) is 5.07. The van der Waals surface area contributed by atoms with E-state index in [0.29, 0.717) is 24.1 Å². The van der Waals surface area contributed by atoms with Crippen molar-refractivity contribution >= 4 is 11.8 Å². The largest absolute Gasteiger partial charge is 0.508 e. The van der Waals surface area contributed by atoms with E-state index >= 15 is 0 Å². The van der Waals surface area contributed by atoms with E-state index in [1.807, 2.05) is 0 Å². The van der Waals surface area contributed by atoms with Crippen LogP contribution < -0.4 is 5.32 Å². The van der Waals surface area contributed by atoms with E-state index < -0.39 is 6.04 Å². The van der Waals surface area contributed by atoms with Crippen LogP contribution in [0.15, 0.2) is 18.2 Å². The highest BCUT2D eigenvalue weighted by atomic mass is 16.3. The van der Waals surface area contributed by atoms with Gasteiger partial charge in [0.2, 0.25) is 5.91 Å². The van der Waals surface area contributed by atoms with Crippen molar-refractivity contribution in [3.63, 3.8) is 0 Å². The molecule has 1 aromatic carbocycles. The highest BCUT2D eigenvalue weighted by molar-refractivity contribution is 5.99. The van der Waals surface area contributed by atoms with Gasteiger partial charge in [-0.2, -0.15) is 0 Å². The highest BCUT2D eigenvalue weighted by Gasteiger charge is 2.32. The number of nitrogens with zero attached hydrogens (tertiary/aromatic N) is 1. The summed E-state index contributed by atoms with van der Waals surface area (Å²) in [5, 5.41) is 12.3. The molecule has 1 aliphatic rings. The topological polar surface area (TPSA) is 69.6 Å². The third-order valence-corrected chi connectivity index (χ3v) is 3.85. The summed E-state index contributed by atoms with van der Waals surface area (Å²) in [6.07, 6.45) is 2.53. The smallest absolute Gasteiger partial charge is 0.254 e. The van der Waals surface area contributed by atoms with Crippen molar-refractivity contribution in [2.45, 2.75) is 32.2 Å². The lowest BCUT2D eigenvalue weighted by molar-refractivity contribution is -0.126. The molecule has 5 nitrogen and oxygen atoms in total. The van der Waals surface area contributed by atoms with Crippen LogP contribution in [0, 0.1) is 6.92 Å². The molecule has 1 aliphatic heterocycles. The number of hydrogen-bond donors (Lipinski definition) is 2. The maximum absolute atomic E-state index is 12.6. The minimum Gasteiger partial charge on any atom is -0.508 e. The summed E-state index contributed by atoms with van der Waals surface area (Å²) in [7, 11) is 1.58. The Labute approximate surface area is 118 Å². The summed E-state index contributed by atoms with van der Waals surface area (Å²) in [5.74, 6) is -0.216. The van der Waals surface area contributed by atoms with Gasteiger partial charge < -0.3 is 15.3 Å². The first-order valence-electron chi connectivity index (χ1n) is 6.87. The molecule has 108 valence electrons. The van der Waals surface area contributed by atoms with Crippen LogP contribution in [-0.2, 0) is 4.79 Å². The SMILES string of the molecule is CNC(=O)C1CCCCN1C(=O)c1cccc(O)c1C. The molecule has 0 aliphatic carbocycles. The van der Waals surface area contributed by atoms with Crippen LogP contribution in [0.3, 0.4) is 0 Å². The highest BCUT2D eigenvalue weighted by Crippen LogP contribution is 2.24. The number of likely N-dealkylation sites (tertiary alicyclic amines) is 1. The zero-order valence-electron chi connectivity index (χ0n) is 11.8. The first-order valence-corrected chi connectivity index (χ1v) is 6.87. The third kappa shape index (κ3) is 2.61. The predicted octanol–water partition coefficient (Wildman–Crippen LogP) is 1.44. The number of nitrogens with one attached hydrogen (secondary N) is 1. The Hall–Kier alpha value is -2.04. The molecule has 0 radical (unpaired) electrons. The molecule has 5 heteroatoms.